The molecule has 3 aromatic rings. The van der Waals surface area contributed by atoms with Gasteiger partial charge in [0.2, 0.25) is 0 Å². The van der Waals surface area contributed by atoms with Crippen LogP contribution >= 0.6 is 0 Å². The normalized spacial score (nSPS) is 14.7. The molecule has 0 fully saturated rings. The van der Waals surface area contributed by atoms with Gasteiger partial charge >= 0.3 is 6.18 Å². The van der Waals surface area contributed by atoms with Crippen molar-refractivity contribution < 1.29 is 13.2 Å². The van der Waals surface area contributed by atoms with Crippen LogP contribution in [0.15, 0.2) is 42.9 Å². The first-order valence-electron chi connectivity index (χ1n) is 7.72. The minimum atomic E-state index is -4.23. The Kier molecular flexibility index (Phi) is 3.76. The Morgan fingerprint density at radius 1 is 1.08 bits per heavy atom. The topological polar surface area (TPSA) is 53.9 Å². The molecule has 1 aromatic carbocycles. The number of para-hydroxylation sites is 1. The minimum absolute atomic E-state index is 0.166. The van der Waals surface area contributed by atoms with Crippen molar-refractivity contribution in [1.82, 2.24) is 19.9 Å². The maximum absolute atomic E-state index is 12.6. The van der Waals surface area contributed by atoms with Crippen molar-refractivity contribution in [3.63, 3.8) is 0 Å². The third kappa shape index (κ3) is 3.39. The van der Waals surface area contributed by atoms with Gasteiger partial charge < -0.3 is 5.32 Å². The summed E-state index contributed by atoms with van der Waals surface area (Å²) in [7, 11) is 0. The lowest BCUT2D eigenvalue weighted by atomic mass is 10.2. The summed E-state index contributed by atoms with van der Waals surface area (Å²) in [5.74, 6) is 0.520. The van der Waals surface area contributed by atoms with Crippen LogP contribution in [0.4, 0.5) is 24.7 Å². The predicted molar refractivity (Wildman–Crippen MR) is 87.2 cm³/mol. The van der Waals surface area contributed by atoms with Gasteiger partial charge in [-0.05, 0) is 12.1 Å². The molecule has 0 atom stereocenters. The molecule has 0 saturated carbocycles. The van der Waals surface area contributed by atoms with Gasteiger partial charge in [0.15, 0.2) is 0 Å². The molecule has 0 spiro atoms. The van der Waals surface area contributed by atoms with Crippen LogP contribution in [0.25, 0.3) is 10.9 Å². The number of nitrogens with one attached hydrogen (secondary N) is 1. The van der Waals surface area contributed by atoms with Crippen LogP contribution in [0.3, 0.4) is 0 Å². The highest BCUT2D eigenvalue weighted by molar-refractivity contribution is 5.82. The van der Waals surface area contributed by atoms with E-state index in [0.29, 0.717) is 17.1 Å². The van der Waals surface area contributed by atoms with Gasteiger partial charge in [-0.2, -0.15) is 13.2 Å². The third-order valence-corrected chi connectivity index (χ3v) is 4.05. The van der Waals surface area contributed by atoms with E-state index in [4.69, 9.17) is 0 Å². The van der Waals surface area contributed by atoms with Gasteiger partial charge in [-0.1, -0.05) is 18.2 Å². The van der Waals surface area contributed by atoms with Crippen LogP contribution in [0.2, 0.25) is 0 Å². The Morgan fingerprint density at radius 2 is 1.92 bits per heavy atom. The largest absolute Gasteiger partial charge is 0.401 e. The van der Waals surface area contributed by atoms with Gasteiger partial charge in [0, 0.05) is 24.0 Å². The van der Waals surface area contributed by atoms with E-state index in [-0.39, 0.29) is 13.1 Å². The van der Waals surface area contributed by atoms with Crippen molar-refractivity contribution in [2.75, 3.05) is 11.9 Å². The standard InChI is InChI=1S/C17H14F3N5/c18-17(19,20)9-25-7-13-15(8-25)22-10-23-16(13)24-12-5-11-3-1-2-4-14(11)21-6-12/h1-6,10H,7-9H2,(H,22,23,24). The lowest BCUT2D eigenvalue weighted by molar-refractivity contribution is -0.147. The van der Waals surface area contributed by atoms with Crippen molar-refractivity contribution >= 4 is 22.4 Å². The zero-order valence-electron chi connectivity index (χ0n) is 13.1. The lowest BCUT2D eigenvalue weighted by Gasteiger charge is -2.16. The molecular weight excluding hydrogens is 331 g/mol. The second-order valence-corrected chi connectivity index (χ2v) is 5.95. The van der Waals surface area contributed by atoms with Crippen LogP contribution in [-0.2, 0) is 13.1 Å². The summed E-state index contributed by atoms with van der Waals surface area (Å²) < 4.78 is 37.9. The zero-order chi connectivity index (χ0) is 17.4. The first-order chi connectivity index (χ1) is 12.0. The SMILES string of the molecule is FC(F)(F)CN1Cc2ncnc(Nc3cnc4ccccc4c3)c2C1. The first-order valence-corrected chi connectivity index (χ1v) is 7.72. The van der Waals surface area contributed by atoms with Gasteiger partial charge in [0.25, 0.3) is 0 Å². The molecule has 3 heterocycles. The summed E-state index contributed by atoms with van der Waals surface area (Å²) in [6.07, 6.45) is -1.18. The summed E-state index contributed by atoms with van der Waals surface area (Å²) in [6.45, 7) is -0.624. The zero-order valence-corrected chi connectivity index (χ0v) is 13.1. The van der Waals surface area contributed by atoms with Gasteiger partial charge in [-0.3, -0.25) is 9.88 Å². The number of halogens is 3. The monoisotopic (exact) mass is 345 g/mol. The van der Waals surface area contributed by atoms with Crippen LogP contribution < -0.4 is 5.32 Å². The predicted octanol–water partition coefficient (Wildman–Crippen LogP) is 3.65. The molecule has 0 amide bonds. The summed E-state index contributed by atoms with van der Waals surface area (Å²) >= 11 is 0. The number of hydrogen-bond donors (Lipinski definition) is 1. The van der Waals surface area contributed by atoms with Crippen molar-refractivity contribution in [1.29, 1.82) is 0 Å². The molecule has 4 rings (SSSR count). The number of alkyl halides is 3. The van der Waals surface area contributed by atoms with Gasteiger partial charge in [-0.15, -0.1) is 0 Å². The molecule has 128 valence electrons. The maximum Gasteiger partial charge on any atom is 0.401 e. The van der Waals surface area contributed by atoms with E-state index < -0.39 is 12.7 Å². The first kappa shape index (κ1) is 15.8. The summed E-state index contributed by atoms with van der Waals surface area (Å²) in [6, 6.07) is 9.62. The molecule has 1 aliphatic rings. The van der Waals surface area contributed by atoms with E-state index in [1.807, 2.05) is 30.3 Å². The molecule has 2 aromatic heterocycles. The molecular formula is C17H14F3N5. The maximum atomic E-state index is 12.6. The van der Waals surface area contributed by atoms with Crippen LogP contribution in [0.5, 0.6) is 0 Å². The second kappa shape index (κ2) is 5.96. The highest BCUT2D eigenvalue weighted by atomic mass is 19.4. The third-order valence-electron chi connectivity index (χ3n) is 4.05. The summed E-state index contributed by atoms with van der Waals surface area (Å²) in [4.78, 5) is 14.0. The minimum Gasteiger partial charge on any atom is -0.339 e. The molecule has 0 aliphatic carbocycles. The molecule has 0 radical (unpaired) electrons. The highest BCUT2D eigenvalue weighted by Crippen LogP contribution is 2.30. The van der Waals surface area contributed by atoms with Crippen molar-refractivity contribution in [2.24, 2.45) is 0 Å². The van der Waals surface area contributed by atoms with E-state index >= 15 is 0 Å². The Balaban J connectivity index is 1.59. The van der Waals surface area contributed by atoms with E-state index in [1.165, 1.54) is 11.2 Å². The number of aromatic nitrogens is 3. The van der Waals surface area contributed by atoms with E-state index in [0.717, 1.165) is 16.6 Å². The van der Waals surface area contributed by atoms with Crippen LogP contribution in [-0.4, -0.2) is 32.6 Å². The quantitative estimate of drug-likeness (QED) is 0.785. The Labute approximate surface area is 141 Å². The van der Waals surface area contributed by atoms with E-state index in [2.05, 4.69) is 20.3 Å². The Hall–Kier alpha value is -2.74. The molecule has 25 heavy (non-hydrogen) atoms. The van der Waals surface area contributed by atoms with Crippen molar-refractivity contribution in [3.8, 4) is 0 Å². The molecule has 5 nitrogen and oxygen atoms in total. The molecule has 8 heteroatoms. The fourth-order valence-corrected chi connectivity index (χ4v) is 2.99. The highest BCUT2D eigenvalue weighted by Gasteiger charge is 2.34. The second-order valence-electron chi connectivity index (χ2n) is 5.95. The number of hydrogen-bond acceptors (Lipinski definition) is 5. The Morgan fingerprint density at radius 3 is 2.76 bits per heavy atom. The summed E-state index contributed by atoms with van der Waals surface area (Å²) in [5.41, 5.74) is 2.92. The average molecular weight is 345 g/mol. The van der Waals surface area contributed by atoms with Crippen molar-refractivity contribution in [2.45, 2.75) is 19.3 Å². The van der Waals surface area contributed by atoms with Gasteiger partial charge in [0.05, 0.1) is 29.6 Å². The molecule has 0 bridgehead atoms. The fraction of sp³-hybridized carbons (Fsp3) is 0.235. The number of fused-ring (bicyclic) bond motifs is 2. The van der Waals surface area contributed by atoms with Gasteiger partial charge in [-0.25, -0.2) is 9.97 Å². The van der Waals surface area contributed by atoms with Gasteiger partial charge in [0.1, 0.15) is 12.1 Å². The molecule has 0 saturated heterocycles. The van der Waals surface area contributed by atoms with Crippen LogP contribution in [0.1, 0.15) is 11.3 Å². The number of anilines is 2. The number of pyridine rings is 1. The fourth-order valence-electron chi connectivity index (χ4n) is 2.99. The van der Waals surface area contributed by atoms with E-state index in [1.54, 1.807) is 6.20 Å². The average Bonchev–Trinajstić information content (AvgIpc) is 2.96. The van der Waals surface area contributed by atoms with Crippen molar-refractivity contribution in [3.05, 3.63) is 54.1 Å². The summed E-state index contributed by atoms with van der Waals surface area (Å²) in [5, 5.41) is 4.13. The molecule has 0 unspecified atom stereocenters. The van der Waals surface area contributed by atoms with E-state index in [9.17, 15) is 13.2 Å². The van der Waals surface area contributed by atoms with Crippen LogP contribution in [0, 0.1) is 0 Å². The number of benzene rings is 1. The number of rotatable bonds is 3. The molecule has 1 N–H and O–H groups in total. The number of nitrogens with zero attached hydrogens (tertiary/aromatic N) is 4. The molecule has 1 aliphatic heterocycles. The lowest BCUT2D eigenvalue weighted by Crippen LogP contribution is -2.30. The smallest absolute Gasteiger partial charge is 0.339 e. The Bertz CT molecular complexity index is 926.